The molecule has 0 aliphatic carbocycles. The van der Waals surface area contributed by atoms with Crippen molar-refractivity contribution in [2.24, 2.45) is 0 Å². The first-order valence-corrected chi connectivity index (χ1v) is 4.88. The lowest BCUT2D eigenvalue weighted by Gasteiger charge is -2.01. The van der Waals surface area contributed by atoms with Crippen molar-refractivity contribution in [3.63, 3.8) is 0 Å². The molecule has 0 saturated heterocycles. The van der Waals surface area contributed by atoms with E-state index >= 15 is 0 Å². The highest BCUT2D eigenvalue weighted by molar-refractivity contribution is 9.10. The lowest BCUT2D eigenvalue weighted by molar-refractivity contribution is 0.517. The van der Waals surface area contributed by atoms with Gasteiger partial charge >= 0.3 is 0 Å². The fraction of sp³-hybridized carbons (Fsp3) is 0.111. The molecule has 14 heavy (non-hydrogen) atoms. The summed E-state index contributed by atoms with van der Waals surface area (Å²) in [5.74, 6) is 1.45. The van der Waals surface area contributed by atoms with Gasteiger partial charge in [0, 0.05) is 12.4 Å². The summed E-state index contributed by atoms with van der Waals surface area (Å²) in [6.45, 7) is 0.592. The van der Waals surface area contributed by atoms with Crippen LogP contribution in [0.5, 0.6) is 0 Å². The average molecular weight is 254 g/mol. The van der Waals surface area contributed by atoms with E-state index in [2.05, 4.69) is 31.2 Å². The van der Waals surface area contributed by atoms with E-state index in [1.54, 1.807) is 18.7 Å². The summed E-state index contributed by atoms with van der Waals surface area (Å²) >= 11 is 3.26. The molecule has 0 spiro atoms. The fourth-order valence-corrected chi connectivity index (χ4v) is 1.19. The van der Waals surface area contributed by atoms with Crippen molar-refractivity contribution in [2.75, 3.05) is 5.32 Å². The van der Waals surface area contributed by atoms with Crippen LogP contribution >= 0.6 is 15.9 Å². The van der Waals surface area contributed by atoms with E-state index in [1.807, 2.05) is 12.1 Å². The van der Waals surface area contributed by atoms with Gasteiger partial charge in [-0.05, 0) is 28.1 Å². The Morgan fingerprint density at radius 3 is 2.79 bits per heavy atom. The quantitative estimate of drug-likeness (QED) is 0.913. The molecule has 2 aromatic rings. The van der Waals surface area contributed by atoms with Crippen LogP contribution in [-0.2, 0) is 6.54 Å². The monoisotopic (exact) mass is 253 g/mol. The molecule has 0 saturated carbocycles. The van der Waals surface area contributed by atoms with Crippen LogP contribution in [0.1, 0.15) is 5.76 Å². The van der Waals surface area contributed by atoms with Gasteiger partial charge in [0.1, 0.15) is 5.76 Å². The Hall–Kier alpha value is -1.36. The number of nitrogens with zero attached hydrogens (tertiary/aromatic N) is 2. The summed E-state index contributed by atoms with van der Waals surface area (Å²) in [5.41, 5.74) is 0. The van der Waals surface area contributed by atoms with Crippen LogP contribution in [0.15, 0.2) is 39.7 Å². The van der Waals surface area contributed by atoms with Gasteiger partial charge in [0.15, 0.2) is 0 Å². The van der Waals surface area contributed by atoms with Crippen molar-refractivity contribution >= 4 is 21.9 Å². The molecule has 2 aromatic heterocycles. The molecule has 0 bridgehead atoms. The van der Waals surface area contributed by atoms with E-state index in [0.29, 0.717) is 12.5 Å². The number of furan rings is 1. The summed E-state index contributed by atoms with van der Waals surface area (Å²) < 4.78 is 6.01. The second-order valence-electron chi connectivity index (χ2n) is 2.66. The molecule has 1 N–H and O–H groups in total. The molecule has 0 amide bonds. The number of hydrogen-bond donors (Lipinski definition) is 1. The number of hydrogen-bond acceptors (Lipinski definition) is 4. The predicted molar refractivity (Wildman–Crippen MR) is 55.8 cm³/mol. The second kappa shape index (κ2) is 4.23. The zero-order valence-corrected chi connectivity index (χ0v) is 8.86. The lowest BCUT2D eigenvalue weighted by Crippen LogP contribution is -2.01. The minimum atomic E-state index is 0.588. The third-order valence-corrected chi connectivity index (χ3v) is 2.03. The first-order valence-electron chi connectivity index (χ1n) is 4.08. The van der Waals surface area contributed by atoms with Gasteiger partial charge in [-0.15, -0.1) is 0 Å². The van der Waals surface area contributed by atoms with Gasteiger partial charge in [-0.25, -0.2) is 9.97 Å². The Labute approximate surface area is 89.5 Å². The zero-order chi connectivity index (χ0) is 9.80. The first kappa shape index (κ1) is 9.21. The van der Waals surface area contributed by atoms with Crippen LogP contribution in [0.3, 0.4) is 0 Å². The van der Waals surface area contributed by atoms with Crippen molar-refractivity contribution in [1.29, 1.82) is 0 Å². The molecule has 0 atom stereocenters. The van der Waals surface area contributed by atoms with Crippen molar-refractivity contribution in [3.8, 4) is 0 Å². The zero-order valence-electron chi connectivity index (χ0n) is 7.27. The van der Waals surface area contributed by atoms with E-state index in [0.717, 1.165) is 10.2 Å². The first-order chi connectivity index (χ1) is 6.84. The topological polar surface area (TPSA) is 51.0 Å². The Morgan fingerprint density at radius 1 is 1.36 bits per heavy atom. The Kier molecular flexibility index (Phi) is 2.78. The fourth-order valence-electron chi connectivity index (χ4n) is 0.983. The SMILES string of the molecule is Brc1cnc(NCc2ccco2)nc1. The third-order valence-electron chi connectivity index (χ3n) is 1.62. The van der Waals surface area contributed by atoms with Crippen LogP contribution in [-0.4, -0.2) is 9.97 Å². The van der Waals surface area contributed by atoms with Crippen LogP contribution in [0.25, 0.3) is 0 Å². The van der Waals surface area contributed by atoms with Crippen molar-refractivity contribution in [3.05, 3.63) is 41.0 Å². The van der Waals surface area contributed by atoms with E-state index in [1.165, 1.54) is 0 Å². The standard InChI is InChI=1S/C9H8BrN3O/c10-7-4-11-9(12-5-7)13-6-8-2-1-3-14-8/h1-5H,6H2,(H,11,12,13). The molecule has 0 fully saturated rings. The molecule has 5 heteroatoms. The second-order valence-corrected chi connectivity index (χ2v) is 3.57. The normalized spacial score (nSPS) is 10.1. The van der Waals surface area contributed by atoms with Gasteiger partial charge in [-0.3, -0.25) is 0 Å². The molecule has 0 unspecified atom stereocenters. The van der Waals surface area contributed by atoms with Gasteiger partial charge in [0.25, 0.3) is 0 Å². The minimum absolute atomic E-state index is 0.588. The average Bonchev–Trinajstić information content (AvgIpc) is 2.70. The summed E-state index contributed by atoms with van der Waals surface area (Å²) in [5, 5.41) is 3.04. The summed E-state index contributed by atoms with van der Waals surface area (Å²) in [7, 11) is 0. The molecular weight excluding hydrogens is 246 g/mol. The van der Waals surface area contributed by atoms with E-state index < -0.39 is 0 Å². The predicted octanol–water partition coefficient (Wildman–Crippen LogP) is 2.44. The van der Waals surface area contributed by atoms with Crippen LogP contribution in [0.4, 0.5) is 5.95 Å². The maximum atomic E-state index is 5.15. The summed E-state index contributed by atoms with van der Waals surface area (Å²) in [6.07, 6.45) is 5.02. The smallest absolute Gasteiger partial charge is 0.223 e. The number of aromatic nitrogens is 2. The number of nitrogens with one attached hydrogen (secondary N) is 1. The Morgan fingerprint density at radius 2 is 2.14 bits per heavy atom. The summed E-state index contributed by atoms with van der Waals surface area (Å²) in [4.78, 5) is 8.13. The maximum Gasteiger partial charge on any atom is 0.223 e. The van der Waals surface area contributed by atoms with Gasteiger partial charge in [-0.1, -0.05) is 0 Å². The van der Waals surface area contributed by atoms with Crippen molar-refractivity contribution in [1.82, 2.24) is 9.97 Å². The van der Waals surface area contributed by atoms with Crippen molar-refractivity contribution in [2.45, 2.75) is 6.54 Å². The van der Waals surface area contributed by atoms with Crippen LogP contribution < -0.4 is 5.32 Å². The lowest BCUT2D eigenvalue weighted by atomic mass is 10.4. The van der Waals surface area contributed by atoms with Gasteiger partial charge in [-0.2, -0.15) is 0 Å². The minimum Gasteiger partial charge on any atom is -0.467 e. The third kappa shape index (κ3) is 2.32. The molecule has 0 aliphatic rings. The van der Waals surface area contributed by atoms with E-state index in [-0.39, 0.29) is 0 Å². The molecule has 0 radical (unpaired) electrons. The van der Waals surface area contributed by atoms with Crippen molar-refractivity contribution < 1.29 is 4.42 Å². The molecule has 2 heterocycles. The van der Waals surface area contributed by atoms with Crippen LogP contribution in [0, 0.1) is 0 Å². The number of halogens is 1. The molecule has 0 aliphatic heterocycles. The van der Waals surface area contributed by atoms with Gasteiger partial charge < -0.3 is 9.73 Å². The highest BCUT2D eigenvalue weighted by Crippen LogP contribution is 2.08. The van der Waals surface area contributed by atoms with E-state index in [4.69, 9.17) is 4.42 Å². The molecule has 72 valence electrons. The summed E-state index contributed by atoms with van der Waals surface area (Å²) in [6, 6.07) is 3.74. The maximum absolute atomic E-state index is 5.15. The molecular formula is C9H8BrN3O. The van der Waals surface area contributed by atoms with E-state index in [9.17, 15) is 0 Å². The molecule has 0 aromatic carbocycles. The highest BCUT2D eigenvalue weighted by atomic mass is 79.9. The Bertz CT molecular complexity index is 385. The molecule has 2 rings (SSSR count). The number of anilines is 1. The van der Waals surface area contributed by atoms with Gasteiger partial charge in [0.05, 0.1) is 17.3 Å². The largest absolute Gasteiger partial charge is 0.467 e. The molecule has 4 nitrogen and oxygen atoms in total. The van der Waals surface area contributed by atoms with Crippen LogP contribution in [0.2, 0.25) is 0 Å². The van der Waals surface area contributed by atoms with Gasteiger partial charge in [0.2, 0.25) is 5.95 Å². The number of rotatable bonds is 3. The Balaban J connectivity index is 1.95. The highest BCUT2D eigenvalue weighted by Gasteiger charge is 1.97.